The summed E-state index contributed by atoms with van der Waals surface area (Å²) in [6, 6.07) is 4.83. The molecule has 2 aromatic rings. The predicted molar refractivity (Wildman–Crippen MR) is 92.4 cm³/mol. The first-order chi connectivity index (χ1) is 11.8. The van der Waals surface area contributed by atoms with Crippen LogP contribution in [0.1, 0.15) is 24.4 Å². The largest absolute Gasteiger partial charge is 0.466 e. The predicted octanol–water partition coefficient (Wildman–Crippen LogP) is 4.29. The fourth-order valence-corrected chi connectivity index (χ4v) is 2.77. The van der Waals surface area contributed by atoms with E-state index in [4.69, 9.17) is 32.5 Å². The molecule has 1 aromatic heterocycles. The number of carbonyl (C=O) groups excluding carboxylic acids is 2. The number of hydrogen-bond donors (Lipinski definition) is 0. The number of esters is 2. The van der Waals surface area contributed by atoms with E-state index >= 15 is 0 Å². The molecule has 1 atom stereocenters. The zero-order valence-electron chi connectivity index (χ0n) is 13.8. The van der Waals surface area contributed by atoms with Gasteiger partial charge in [-0.3, -0.25) is 4.79 Å². The molecule has 0 fully saturated rings. The van der Waals surface area contributed by atoms with Gasteiger partial charge in [0.2, 0.25) is 0 Å². The molecule has 1 unspecified atom stereocenters. The summed E-state index contributed by atoms with van der Waals surface area (Å²) >= 11 is 12.2. The lowest BCUT2D eigenvalue weighted by Gasteiger charge is -2.18. The number of methoxy groups -OCH3 is 1. The van der Waals surface area contributed by atoms with Gasteiger partial charge in [0.25, 0.3) is 0 Å². The van der Waals surface area contributed by atoms with Crippen LogP contribution in [-0.2, 0) is 19.1 Å². The molecule has 0 bridgehead atoms. The quantitative estimate of drug-likeness (QED) is 0.565. The molecular weight excluding hydrogens is 369 g/mol. The molecule has 0 radical (unpaired) electrons. The molecule has 0 aliphatic carbocycles. The van der Waals surface area contributed by atoms with Gasteiger partial charge in [-0.05, 0) is 25.1 Å². The Morgan fingerprint density at radius 1 is 1.32 bits per heavy atom. The van der Waals surface area contributed by atoms with Crippen molar-refractivity contribution in [3.05, 3.63) is 51.7 Å². The topological polar surface area (TPSA) is 78.6 Å². The monoisotopic (exact) mass is 383 g/mol. The van der Waals surface area contributed by atoms with Crippen molar-refractivity contribution < 1.29 is 23.6 Å². The maximum absolute atomic E-state index is 11.9. The Hall–Kier alpha value is -2.31. The van der Waals surface area contributed by atoms with Crippen LogP contribution in [0.3, 0.4) is 0 Å². The highest BCUT2D eigenvalue weighted by Crippen LogP contribution is 2.39. The number of halogens is 2. The van der Waals surface area contributed by atoms with Crippen LogP contribution in [0.25, 0.3) is 11.3 Å². The van der Waals surface area contributed by atoms with E-state index in [0.717, 1.165) is 0 Å². The summed E-state index contributed by atoms with van der Waals surface area (Å²) in [6.45, 7) is 6.51. The van der Waals surface area contributed by atoms with Gasteiger partial charge in [0.05, 0.1) is 23.3 Å². The first kappa shape index (κ1) is 19.0. The summed E-state index contributed by atoms with van der Waals surface area (Å²) in [6.07, 6.45) is -1.13. The minimum Gasteiger partial charge on any atom is -0.466 e. The van der Waals surface area contributed by atoms with Gasteiger partial charge >= 0.3 is 11.9 Å². The van der Waals surface area contributed by atoms with Crippen LogP contribution in [0.2, 0.25) is 10.0 Å². The Bertz CT molecular complexity index is 844. The zero-order valence-corrected chi connectivity index (χ0v) is 15.3. The van der Waals surface area contributed by atoms with Crippen molar-refractivity contribution in [2.45, 2.75) is 20.0 Å². The second kappa shape index (κ2) is 7.72. The Morgan fingerprint density at radius 3 is 2.56 bits per heavy atom. The van der Waals surface area contributed by atoms with Crippen LogP contribution in [0, 0.1) is 6.92 Å². The number of benzene rings is 1. The maximum atomic E-state index is 11.9. The highest BCUT2D eigenvalue weighted by Gasteiger charge is 2.32. The lowest BCUT2D eigenvalue weighted by Crippen LogP contribution is -2.18. The number of aryl methyl sites for hydroxylation is 1. The molecule has 132 valence electrons. The lowest BCUT2D eigenvalue weighted by molar-refractivity contribution is -0.147. The fourth-order valence-electron chi connectivity index (χ4n) is 2.27. The Morgan fingerprint density at radius 2 is 2.00 bits per heavy atom. The van der Waals surface area contributed by atoms with E-state index < -0.39 is 18.0 Å². The van der Waals surface area contributed by atoms with E-state index in [-0.39, 0.29) is 5.57 Å². The van der Waals surface area contributed by atoms with Crippen molar-refractivity contribution >= 4 is 35.1 Å². The maximum Gasteiger partial charge on any atom is 0.337 e. The van der Waals surface area contributed by atoms with Gasteiger partial charge in [0, 0.05) is 17.5 Å². The number of carbonyl (C=O) groups is 2. The summed E-state index contributed by atoms with van der Waals surface area (Å²) in [5.74, 6) is -0.985. The van der Waals surface area contributed by atoms with E-state index in [9.17, 15) is 9.59 Å². The molecule has 25 heavy (non-hydrogen) atoms. The average Bonchev–Trinajstić information content (AvgIpc) is 2.92. The van der Waals surface area contributed by atoms with Gasteiger partial charge in [-0.25, -0.2) is 4.79 Å². The minimum absolute atomic E-state index is 0.0738. The summed E-state index contributed by atoms with van der Waals surface area (Å²) in [4.78, 5) is 23.4. The summed E-state index contributed by atoms with van der Waals surface area (Å²) < 4.78 is 15.2. The van der Waals surface area contributed by atoms with Crippen LogP contribution >= 0.6 is 23.2 Å². The lowest BCUT2D eigenvalue weighted by atomic mass is 9.97. The second-order valence-electron chi connectivity index (χ2n) is 5.13. The molecule has 1 heterocycles. The summed E-state index contributed by atoms with van der Waals surface area (Å²) in [7, 11) is 1.20. The van der Waals surface area contributed by atoms with Crippen LogP contribution < -0.4 is 0 Å². The molecule has 0 aliphatic heterocycles. The standard InChI is InChI=1S/C17H15Cl2NO5/c1-8(17(22)23-4)16(24-10(3)21)14-9(2)25-20-15(14)12-6-5-11(18)7-13(12)19/h5-7,16H,1H2,2-4H3. The van der Waals surface area contributed by atoms with Gasteiger partial charge < -0.3 is 14.0 Å². The summed E-state index contributed by atoms with van der Waals surface area (Å²) in [5, 5.41) is 4.76. The van der Waals surface area contributed by atoms with Gasteiger partial charge in [-0.2, -0.15) is 0 Å². The van der Waals surface area contributed by atoms with Gasteiger partial charge in [0.15, 0.2) is 6.10 Å². The van der Waals surface area contributed by atoms with E-state index in [2.05, 4.69) is 16.5 Å². The van der Waals surface area contributed by atoms with E-state index in [0.29, 0.717) is 32.6 Å². The zero-order chi connectivity index (χ0) is 18.7. The van der Waals surface area contributed by atoms with Crippen molar-refractivity contribution in [3.63, 3.8) is 0 Å². The SMILES string of the molecule is C=C(C(=O)OC)C(OC(C)=O)c1c(-c2ccc(Cl)cc2Cl)noc1C. The number of hydrogen-bond acceptors (Lipinski definition) is 6. The molecule has 0 saturated heterocycles. The van der Waals surface area contributed by atoms with Crippen molar-refractivity contribution in [2.75, 3.05) is 7.11 Å². The first-order valence-corrected chi connectivity index (χ1v) is 7.87. The molecule has 6 nitrogen and oxygen atoms in total. The minimum atomic E-state index is -1.13. The van der Waals surface area contributed by atoms with E-state index in [1.165, 1.54) is 14.0 Å². The number of ether oxygens (including phenoxy) is 2. The third kappa shape index (κ3) is 4.03. The molecule has 0 aliphatic rings. The number of nitrogens with zero attached hydrogens (tertiary/aromatic N) is 1. The highest BCUT2D eigenvalue weighted by molar-refractivity contribution is 6.36. The Labute approximate surface area is 154 Å². The van der Waals surface area contributed by atoms with Crippen molar-refractivity contribution in [1.82, 2.24) is 5.16 Å². The Kier molecular flexibility index (Phi) is 5.87. The average molecular weight is 384 g/mol. The smallest absolute Gasteiger partial charge is 0.337 e. The van der Waals surface area contributed by atoms with Crippen LogP contribution in [0.5, 0.6) is 0 Å². The van der Waals surface area contributed by atoms with Crippen LogP contribution in [0.15, 0.2) is 34.9 Å². The first-order valence-electron chi connectivity index (χ1n) is 7.12. The van der Waals surface area contributed by atoms with Gasteiger partial charge in [-0.1, -0.05) is 34.9 Å². The van der Waals surface area contributed by atoms with Crippen LogP contribution in [0.4, 0.5) is 0 Å². The van der Waals surface area contributed by atoms with Crippen LogP contribution in [-0.4, -0.2) is 24.2 Å². The summed E-state index contributed by atoms with van der Waals surface area (Å²) in [5.41, 5.74) is 1.10. The van der Waals surface area contributed by atoms with E-state index in [1.54, 1.807) is 25.1 Å². The van der Waals surface area contributed by atoms with Crippen molar-refractivity contribution in [2.24, 2.45) is 0 Å². The molecule has 0 amide bonds. The van der Waals surface area contributed by atoms with E-state index in [1.807, 2.05) is 0 Å². The fraction of sp³-hybridized carbons (Fsp3) is 0.235. The third-order valence-electron chi connectivity index (χ3n) is 3.40. The van der Waals surface area contributed by atoms with Crippen molar-refractivity contribution in [1.29, 1.82) is 0 Å². The molecule has 0 saturated carbocycles. The molecule has 1 aromatic carbocycles. The van der Waals surface area contributed by atoms with Gasteiger partial charge in [-0.15, -0.1) is 0 Å². The molecule has 0 spiro atoms. The third-order valence-corrected chi connectivity index (χ3v) is 3.95. The normalized spacial score (nSPS) is 11.7. The molecular formula is C17H15Cl2NO5. The molecule has 2 rings (SSSR count). The van der Waals surface area contributed by atoms with Gasteiger partial charge in [0.1, 0.15) is 11.5 Å². The number of aromatic nitrogens is 1. The molecule has 0 N–H and O–H groups in total. The Balaban J connectivity index is 2.62. The van der Waals surface area contributed by atoms with Crippen molar-refractivity contribution in [3.8, 4) is 11.3 Å². The number of rotatable bonds is 5. The highest BCUT2D eigenvalue weighted by atomic mass is 35.5. The second-order valence-corrected chi connectivity index (χ2v) is 5.98. The molecule has 8 heteroatoms.